The van der Waals surface area contributed by atoms with Crippen molar-refractivity contribution in [1.29, 1.82) is 0 Å². The number of ether oxygens (including phenoxy) is 1. The summed E-state index contributed by atoms with van der Waals surface area (Å²) in [7, 11) is 0. The molecule has 1 heterocycles. The molecule has 0 aliphatic carbocycles. The van der Waals surface area contributed by atoms with E-state index in [0.717, 1.165) is 12.1 Å². The Morgan fingerprint density at radius 1 is 1.44 bits per heavy atom. The molecule has 2 aromatic rings. The predicted octanol–water partition coefficient (Wildman–Crippen LogP) is 2.35. The number of benzene rings is 1. The van der Waals surface area contributed by atoms with Crippen LogP contribution in [0, 0.1) is 12.7 Å². The van der Waals surface area contributed by atoms with Crippen molar-refractivity contribution in [3.8, 4) is 11.6 Å². The number of H-pyrrole nitrogens is 1. The third kappa shape index (κ3) is 2.67. The topological polar surface area (TPSA) is 81.0 Å². The first-order valence-electron chi connectivity index (χ1n) is 4.96. The van der Waals surface area contributed by atoms with E-state index in [1.54, 1.807) is 6.92 Å². The second-order valence-corrected chi connectivity index (χ2v) is 4.43. The van der Waals surface area contributed by atoms with Crippen LogP contribution in [0.2, 0.25) is 0 Å². The molecule has 0 aliphatic heterocycles. The lowest BCUT2D eigenvalue weighted by molar-refractivity contribution is 0.456. The van der Waals surface area contributed by atoms with Crippen LogP contribution in [0.5, 0.6) is 11.6 Å². The average Bonchev–Trinajstić information content (AvgIpc) is 2.24. The lowest BCUT2D eigenvalue weighted by atomic mass is 10.3. The lowest BCUT2D eigenvalue weighted by Gasteiger charge is -2.08. The molecule has 94 valence electrons. The van der Waals surface area contributed by atoms with Crippen molar-refractivity contribution in [2.75, 3.05) is 5.73 Å². The summed E-state index contributed by atoms with van der Waals surface area (Å²) in [6.07, 6.45) is 0. The van der Waals surface area contributed by atoms with Crippen molar-refractivity contribution in [2.24, 2.45) is 0 Å². The molecule has 18 heavy (non-hydrogen) atoms. The fourth-order valence-electron chi connectivity index (χ4n) is 1.35. The highest BCUT2D eigenvalue weighted by Crippen LogP contribution is 2.30. The van der Waals surface area contributed by atoms with E-state index in [1.165, 1.54) is 6.07 Å². The summed E-state index contributed by atoms with van der Waals surface area (Å²) >= 11 is 3.01. The number of aromatic amines is 1. The van der Waals surface area contributed by atoms with Crippen molar-refractivity contribution in [3.05, 3.63) is 44.7 Å². The highest BCUT2D eigenvalue weighted by Gasteiger charge is 2.09. The van der Waals surface area contributed by atoms with Crippen molar-refractivity contribution >= 4 is 21.6 Å². The molecule has 0 spiro atoms. The fraction of sp³-hybridized carbons (Fsp3) is 0.0909. The maximum atomic E-state index is 13.3. The molecule has 1 aromatic carbocycles. The van der Waals surface area contributed by atoms with E-state index in [2.05, 4.69) is 25.9 Å². The van der Waals surface area contributed by atoms with Crippen molar-refractivity contribution < 1.29 is 9.13 Å². The van der Waals surface area contributed by atoms with E-state index < -0.39 is 5.82 Å². The summed E-state index contributed by atoms with van der Waals surface area (Å²) in [5, 5.41) is 0. The van der Waals surface area contributed by atoms with Crippen molar-refractivity contribution in [3.63, 3.8) is 0 Å². The largest absolute Gasteiger partial charge is 0.436 e. The maximum absolute atomic E-state index is 13.3. The number of aromatic nitrogens is 2. The first-order valence-corrected chi connectivity index (χ1v) is 5.75. The van der Waals surface area contributed by atoms with E-state index >= 15 is 0 Å². The Morgan fingerprint density at radius 2 is 2.17 bits per heavy atom. The number of halogens is 2. The molecule has 0 saturated heterocycles. The Balaban J connectivity index is 2.39. The Labute approximate surface area is 110 Å². The summed E-state index contributed by atoms with van der Waals surface area (Å²) in [5.41, 5.74) is 5.56. The molecule has 7 heteroatoms. The number of anilines is 1. The SMILES string of the molecule is Cc1nc(Oc2cc(F)c(Br)cc2N)cc(=O)[nH]1. The zero-order chi connectivity index (χ0) is 13.3. The molecule has 0 fully saturated rings. The van der Waals surface area contributed by atoms with Gasteiger partial charge in [-0.05, 0) is 28.9 Å². The van der Waals surface area contributed by atoms with E-state index in [4.69, 9.17) is 10.5 Å². The molecule has 2 rings (SSSR count). The predicted molar refractivity (Wildman–Crippen MR) is 68.2 cm³/mol. The van der Waals surface area contributed by atoms with Gasteiger partial charge in [-0.3, -0.25) is 4.79 Å². The zero-order valence-electron chi connectivity index (χ0n) is 9.33. The fourth-order valence-corrected chi connectivity index (χ4v) is 1.71. The molecule has 3 N–H and O–H groups in total. The summed E-state index contributed by atoms with van der Waals surface area (Å²) < 4.78 is 18.9. The number of aryl methyl sites for hydroxylation is 1. The van der Waals surface area contributed by atoms with Gasteiger partial charge < -0.3 is 15.5 Å². The number of nitrogen functional groups attached to an aromatic ring is 1. The smallest absolute Gasteiger partial charge is 0.254 e. The van der Waals surface area contributed by atoms with Gasteiger partial charge in [0.25, 0.3) is 5.56 Å². The molecule has 0 radical (unpaired) electrons. The van der Waals surface area contributed by atoms with Gasteiger partial charge in [0.15, 0.2) is 5.75 Å². The Bertz CT molecular complexity index is 657. The normalized spacial score (nSPS) is 10.4. The minimum Gasteiger partial charge on any atom is -0.436 e. The van der Waals surface area contributed by atoms with Crippen LogP contribution in [0.15, 0.2) is 27.5 Å². The third-order valence-electron chi connectivity index (χ3n) is 2.10. The van der Waals surface area contributed by atoms with Gasteiger partial charge in [-0.1, -0.05) is 0 Å². The minimum absolute atomic E-state index is 0.0599. The van der Waals surface area contributed by atoms with E-state index in [-0.39, 0.29) is 27.3 Å². The van der Waals surface area contributed by atoms with E-state index in [1.807, 2.05) is 0 Å². The second-order valence-electron chi connectivity index (χ2n) is 3.58. The molecule has 0 bridgehead atoms. The molecule has 0 saturated carbocycles. The molecular weight excluding hydrogens is 305 g/mol. The maximum Gasteiger partial charge on any atom is 0.254 e. The number of hydrogen-bond donors (Lipinski definition) is 2. The van der Waals surface area contributed by atoms with Crippen LogP contribution >= 0.6 is 15.9 Å². The quantitative estimate of drug-likeness (QED) is 0.834. The average molecular weight is 314 g/mol. The van der Waals surface area contributed by atoms with Crippen LogP contribution in [0.1, 0.15) is 5.82 Å². The van der Waals surface area contributed by atoms with Crippen LogP contribution < -0.4 is 16.0 Å². The van der Waals surface area contributed by atoms with Gasteiger partial charge in [0.2, 0.25) is 5.88 Å². The van der Waals surface area contributed by atoms with Gasteiger partial charge >= 0.3 is 0 Å². The van der Waals surface area contributed by atoms with Gasteiger partial charge in [-0.25, -0.2) is 9.37 Å². The van der Waals surface area contributed by atoms with Gasteiger partial charge in [0, 0.05) is 6.07 Å². The molecule has 0 aliphatic rings. The standard InChI is InChI=1S/C11H9BrFN3O2/c1-5-15-10(17)4-11(16-5)18-9-3-7(13)6(12)2-8(9)14/h2-4H,14H2,1H3,(H,15,16,17). The molecule has 5 nitrogen and oxygen atoms in total. The summed E-state index contributed by atoms with van der Waals surface area (Å²) in [6.45, 7) is 1.61. The van der Waals surface area contributed by atoms with Crippen molar-refractivity contribution in [1.82, 2.24) is 9.97 Å². The first kappa shape index (κ1) is 12.6. The first-order chi connectivity index (χ1) is 8.45. The van der Waals surface area contributed by atoms with E-state index in [9.17, 15) is 9.18 Å². The van der Waals surface area contributed by atoms with Gasteiger partial charge in [0.1, 0.15) is 11.6 Å². The molecule has 1 aromatic heterocycles. The Kier molecular flexibility index (Phi) is 3.33. The molecular formula is C11H9BrFN3O2. The highest BCUT2D eigenvalue weighted by atomic mass is 79.9. The number of nitrogens with two attached hydrogens (primary N) is 1. The second kappa shape index (κ2) is 4.77. The van der Waals surface area contributed by atoms with Gasteiger partial charge in [-0.15, -0.1) is 0 Å². The molecule has 0 amide bonds. The van der Waals surface area contributed by atoms with Crippen LogP contribution in [0.4, 0.5) is 10.1 Å². The van der Waals surface area contributed by atoms with Crippen LogP contribution in [-0.4, -0.2) is 9.97 Å². The number of hydrogen-bond acceptors (Lipinski definition) is 4. The Hall–Kier alpha value is -1.89. The van der Waals surface area contributed by atoms with Crippen molar-refractivity contribution in [2.45, 2.75) is 6.92 Å². The summed E-state index contributed by atoms with van der Waals surface area (Å²) in [4.78, 5) is 17.6. The number of nitrogens with one attached hydrogen (secondary N) is 1. The van der Waals surface area contributed by atoms with Gasteiger partial charge in [-0.2, -0.15) is 0 Å². The number of nitrogens with zero attached hydrogens (tertiary/aromatic N) is 1. The zero-order valence-corrected chi connectivity index (χ0v) is 10.9. The Morgan fingerprint density at radius 3 is 2.83 bits per heavy atom. The number of rotatable bonds is 2. The minimum atomic E-state index is -0.513. The van der Waals surface area contributed by atoms with Crippen LogP contribution in [-0.2, 0) is 0 Å². The summed E-state index contributed by atoms with van der Waals surface area (Å²) in [6, 6.07) is 3.66. The monoisotopic (exact) mass is 313 g/mol. The third-order valence-corrected chi connectivity index (χ3v) is 2.71. The van der Waals surface area contributed by atoms with Gasteiger partial charge in [0.05, 0.1) is 16.2 Å². The lowest BCUT2D eigenvalue weighted by Crippen LogP contribution is -2.08. The van der Waals surface area contributed by atoms with Crippen LogP contribution in [0.25, 0.3) is 0 Å². The molecule has 0 atom stereocenters. The summed E-state index contributed by atoms with van der Waals surface area (Å²) in [5.74, 6) is 0.0484. The molecule has 0 unspecified atom stereocenters. The van der Waals surface area contributed by atoms with Crippen LogP contribution in [0.3, 0.4) is 0 Å². The van der Waals surface area contributed by atoms with E-state index in [0.29, 0.717) is 5.82 Å². The highest BCUT2D eigenvalue weighted by molar-refractivity contribution is 9.10.